The third kappa shape index (κ3) is 5.04. The molecule has 0 aromatic heterocycles. The van der Waals surface area contributed by atoms with E-state index in [0.717, 1.165) is 5.56 Å². The highest BCUT2D eigenvalue weighted by atomic mass is 35.5. The van der Waals surface area contributed by atoms with E-state index < -0.39 is 6.10 Å². The van der Waals surface area contributed by atoms with Crippen molar-refractivity contribution < 1.29 is 19.1 Å². The van der Waals surface area contributed by atoms with Crippen molar-refractivity contribution in [2.45, 2.75) is 12.6 Å². The SMILES string of the molecule is O=C(CN1CCN(C(=O)[C@@H]2COc3ccccc3O2)CC1)NCc1ccc(Cl)cc1. The average Bonchev–Trinajstić information content (AvgIpc) is 2.78. The molecule has 30 heavy (non-hydrogen) atoms. The molecule has 2 aliphatic rings. The lowest BCUT2D eigenvalue weighted by molar-refractivity contribution is -0.143. The maximum atomic E-state index is 12.8. The standard InChI is InChI=1S/C22H24ClN3O4/c23-17-7-5-16(6-8-17)13-24-21(27)14-25-9-11-26(12-10-25)22(28)20-15-29-18-3-1-2-4-19(18)30-20/h1-8,20H,9-15H2,(H,24,27)/t20-/m0/s1. The number of fused-ring (bicyclic) bond motifs is 1. The number of hydrogen-bond acceptors (Lipinski definition) is 5. The molecule has 1 atom stereocenters. The number of carbonyl (C=O) groups excluding carboxylic acids is 2. The summed E-state index contributed by atoms with van der Waals surface area (Å²) in [6.07, 6.45) is -0.630. The van der Waals surface area contributed by atoms with Gasteiger partial charge >= 0.3 is 0 Å². The van der Waals surface area contributed by atoms with Gasteiger partial charge in [0, 0.05) is 37.7 Å². The van der Waals surface area contributed by atoms with Gasteiger partial charge in [0.1, 0.15) is 6.61 Å². The molecule has 2 heterocycles. The number of halogens is 1. The quantitative estimate of drug-likeness (QED) is 0.786. The fourth-order valence-corrected chi connectivity index (χ4v) is 3.66. The molecular weight excluding hydrogens is 406 g/mol. The maximum absolute atomic E-state index is 12.8. The second-order valence-corrected chi connectivity index (χ2v) is 7.81. The molecule has 0 aliphatic carbocycles. The molecular formula is C22H24ClN3O4. The van der Waals surface area contributed by atoms with Crippen molar-refractivity contribution in [1.82, 2.24) is 15.1 Å². The second-order valence-electron chi connectivity index (χ2n) is 7.37. The topological polar surface area (TPSA) is 71.1 Å². The van der Waals surface area contributed by atoms with Gasteiger partial charge in [-0.2, -0.15) is 0 Å². The van der Waals surface area contributed by atoms with Crippen LogP contribution in [0.2, 0.25) is 5.02 Å². The molecule has 1 fully saturated rings. The number of carbonyl (C=O) groups is 2. The van der Waals surface area contributed by atoms with Gasteiger partial charge in [0.15, 0.2) is 11.5 Å². The number of nitrogens with one attached hydrogen (secondary N) is 1. The van der Waals surface area contributed by atoms with E-state index in [1.165, 1.54) is 0 Å². The van der Waals surface area contributed by atoms with Crippen molar-refractivity contribution in [3.8, 4) is 11.5 Å². The van der Waals surface area contributed by atoms with Gasteiger partial charge in [-0.05, 0) is 29.8 Å². The van der Waals surface area contributed by atoms with Crippen molar-refractivity contribution in [2.75, 3.05) is 39.3 Å². The van der Waals surface area contributed by atoms with E-state index in [2.05, 4.69) is 10.2 Å². The third-order valence-corrected chi connectivity index (χ3v) is 5.49. The first-order valence-electron chi connectivity index (χ1n) is 9.99. The van der Waals surface area contributed by atoms with Gasteiger partial charge in [-0.15, -0.1) is 0 Å². The van der Waals surface area contributed by atoms with Crippen LogP contribution in [0.5, 0.6) is 11.5 Å². The number of amides is 2. The normalized spacial score (nSPS) is 18.7. The Morgan fingerprint density at radius 3 is 2.43 bits per heavy atom. The third-order valence-electron chi connectivity index (χ3n) is 5.24. The summed E-state index contributed by atoms with van der Waals surface area (Å²) in [5.41, 5.74) is 0.999. The van der Waals surface area contributed by atoms with Crippen LogP contribution in [-0.2, 0) is 16.1 Å². The van der Waals surface area contributed by atoms with Crippen LogP contribution in [0.25, 0.3) is 0 Å². The van der Waals surface area contributed by atoms with Gasteiger partial charge in [-0.3, -0.25) is 14.5 Å². The molecule has 158 valence electrons. The number of nitrogens with zero attached hydrogens (tertiary/aromatic N) is 2. The number of rotatable bonds is 5. The molecule has 0 unspecified atom stereocenters. The van der Waals surface area contributed by atoms with Gasteiger partial charge < -0.3 is 19.7 Å². The van der Waals surface area contributed by atoms with Crippen LogP contribution >= 0.6 is 11.6 Å². The van der Waals surface area contributed by atoms with Crippen LogP contribution in [-0.4, -0.2) is 67.0 Å². The predicted octanol–water partition coefficient (Wildman–Crippen LogP) is 1.94. The lowest BCUT2D eigenvalue weighted by atomic mass is 10.2. The summed E-state index contributed by atoms with van der Waals surface area (Å²) in [6, 6.07) is 14.7. The van der Waals surface area contributed by atoms with Crippen molar-refractivity contribution in [2.24, 2.45) is 0 Å². The molecule has 2 amide bonds. The van der Waals surface area contributed by atoms with E-state index in [1.807, 2.05) is 30.3 Å². The summed E-state index contributed by atoms with van der Waals surface area (Å²) >= 11 is 5.87. The Hall–Kier alpha value is -2.77. The number of hydrogen-bond donors (Lipinski definition) is 1. The zero-order chi connectivity index (χ0) is 20.9. The van der Waals surface area contributed by atoms with Crippen molar-refractivity contribution in [1.29, 1.82) is 0 Å². The number of benzene rings is 2. The summed E-state index contributed by atoms with van der Waals surface area (Å²) in [5.74, 6) is 1.15. The summed E-state index contributed by atoms with van der Waals surface area (Å²) < 4.78 is 11.5. The molecule has 4 rings (SSSR count). The smallest absolute Gasteiger partial charge is 0.267 e. The highest BCUT2D eigenvalue weighted by molar-refractivity contribution is 6.30. The summed E-state index contributed by atoms with van der Waals surface area (Å²) in [7, 11) is 0. The fraction of sp³-hybridized carbons (Fsp3) is 0.364. The Balaban J connectivity index is 1.20. The summed E-state index contributed by atoms with van der Waals surface area (Å²) in [6.45, 7) is 3.40. The van der Waals surface area contributed by atoms with E-state index in [1.54, 1.807) is 23.1 Å². The Morgan fingerprint density at radius 1 is 1.00 bits per heavy atom. The molecule has 1 N–H and O–H groups in total. The Morgan fingerprint density at radius 2 is 1.70 bits per heavy atom. The predicted molar refractivity (Wildman–Crippen MR) is 113 cm³/mol. The highest BCUT2D eigenvalue weighted by Gasteiger charge is 2.32. The van der Waals surface area contributed by atoms with Crippen LogP contribution in [0, 0.1) is 0 Å². The molecule has 7 nitrogen and oxygen atoms in total. The van der Waals surface area contributed by atoms with E-state index >= 15 is 0 Å². The second kappa shape index (κ2) is 9.36. The number of ether oxygens (including phenoxy) is 2. The Labute approximate surface area is 180 Å². The molecule has 0 bridgehead atoms. The van der Waals surface area contributed by atoms with Crippen molar-refractivity contribution >= 4 is 23.4 Å². The van der Waals surface area contributed by atoms with Gasteiger partial charge in [0.05, 0.1) is 6.54 Å². The zero-order valence-corrected chi connectivity index (χ0v) is 17.3. The summed E-state index contributed by atoms with van der Waals surface area (Å²) in [5, 5.41) is 3.59. The van der Waals surface area contributed by atoms with Gasteiger partial charge in [0.25, 0.3) is 5.91 Å². The lowest BCUT2D eigenvalue weighted by Gasteiger charge is -2.36. The molecule has 2 aromatic carbocycles. The molecule has 0 spiro atoms. The van der Waals surface area contributed by atoms with Gasteiger partial charge in [0.2, 0.25) is 12.0 Å². The summed E-state index contributed by atoms with van der Waals surface area (Å²) in [4.78, 5) is 28.9. The first-order chi connectivity index (χ1) is 14.6. The van der Waals surface area contributed by atoms with E-state index in [4.69, 9.17) is 21.1 Å². The Bertz CT molecular complexity index is 898. The maximum Gasteiger partial charge on any atom is 0.267 e. The molecule has 2 aliphatic heterocycles. The molecule has 1 saturated heterocycles. The minimum absolute atomic E-state index is 0.0367. The van der Waals surface area contributed by atoms with E-state index in [9.17, 15) is 9.59 Å². The van der Waals surface area contributed by atoms with E-state index in [0.29, 0.717) is 55.8 Å². The highest BCUT2D eigenvalue weighted by Crippen LogP contribution is 2.31. The Kier molecular flexibility index (Phi) is 6.40. The average molecular weight is 430 g/mol. The number of para-hydroxylation sites is 2. The van der Waals surface area contributed by atoms with Crippen molar-refractivity contribution in [3.63, 3.8) is 0 Å². The van der Waals surface area contributed by atoms with Crippen LogP contribution in [0.15, 0.2) is 48.5 Å². The van der Waals surface area contributed by atoms with Gasteiger partial charge in [-0.25, -0.2) is 0 Å². The largest absolute Gasteiger partial charge is 0.485 e. The zero-order valence-electron chi connectivity index (χ0n) is 16.6. The molecule has 0 radical (unpaired) electrons. The molecule has 2 aromatic rings. The van der Waals surface area contributed by atoms with Crippen LogP contribution in [0.1, 0.15) is 5.56 Å². The molecule has 8 heteroatoms. The minimum Gasteiger partial charge on any atom is -0.485 e. The van der Waals surface area contributed by atoms with Gasteiger partial charge in [-0.1, -0.05) is 35.9 Å². The van der Waals surface area contributed by atoms with Crippen LogP contribution < -0.4 is 14.8 Å². The minimum atomic E-state index is -0.630. The van der Waals surface area contributed by atoms with E-state index in [-0.39, 0.29) is 18.4 Å². The van der Waals surface area contributed by atoms with Crippen LogP contribution in [0.4, 0.5) is 0 Å². The number of piperazine rings is 1. The first-order valence-corrected chi connectivity index (χ1v) is 10.4. The van der Waals surface area contributed by atoms with Crippen molar-refractivity contribution in [3.05, 3.63) is 59.1 Å². The monoisotopic (exact) mass is 429 g/mol. The van der Waals surface area contributed by atoms with Crippen LogP contribution in [0.3, 0.4) is 0 Å². The first kappa shape index (κ1) is 20.5. The fourth-order valence-electron chi connectivity index (χ4n) is 3.53. The molecule has 0 saturated carbocycles. The lowest BCUT2D eigenvalue weighted by Crippen LogP contribution is -2.55.